The van der Waals surface area contributed by atoms with Crippen molar-refractivity contribution in [1.82, 2.24) is 9.80 Å². The van der Waals surface area contributed by atoms with Crippen molar-refractivity contribution >= 4 is 11.8 Å². The molecule has 0 saturated carbocycles. The van der Waals surface area contributed by atoms with E-state index in [-0.39, 0.29) is 23.1 Å². The van der Waals surface area contributed by atoms with E-state index in [2.05, 4.69) is 38.1 Å². The molecule has 2 amide bonds. The lowest BCUT2D eigenvalue weighted by Crippen LogP contribution is -2.47. The molecule has 0 aliphatic carbocycles. The number of hydrogen-bond donors (Lipinski definition) is 0. The van der Waals surface area contributed by atoms with Crippen LogP contribution in [-0.2, 0) is 19.7 Å². The summed E-state index contributed by atoms with van der Waals surface area (Å²) < 4.78 is 5.33. The van der Waals surface area contributed by atoms with Crippen molar-refractivity contribution in [2.75, 3.05) is 39.4 Å². The number of amides is 2. The largest absolute Gasteiger partial charge is 0.378 e. The summed E-state index contributed by atoms with van der Waals surface area (Å²) in [5, 5.41) is 0. The maximum absolute atomic E-state index is 12.7. The van der Waals surface area contributed by atoms with Gasteiger partial charge in [-0.1, -0.05) is 44.2 Å². The third-order valence-electron chi connectivity index (χ3n) is 6.04. The summed E-state index contributed by atoms with van der Waals surface area (Å²) >= 11 is 0. The smallest absolute Gasteiger partial charge is 0.225 e. The Hall–Kier alpha value is -1.88. The molecule has 2 aliphatic heterocycles. The molecule has 0 atom stereocenters. The molecule has 27 heavy (non-hydrogen) atoms. The second kappa shape index (κ2) is 8.87. The molecular formula is C22H32N2O3. The lowest BCUT2D eigenvalue weighted by atomic mass is 9.80. The highest BCUT2D eigenvalue weighted by Crippen LogP contribution is 2.29. The van der Waals surface area contributed by atoms with Gasteiger partial charge >= 0.3 is 0 Å². The van der Waals surface area contributed by atoms with Crippen molar-refractivity contribution in [2.45, 2.75) is 44.9 Å². The lowest BCUT2D eigenvalue weighted by Gasteiger charge is -2.36. The number of benzene rings is 1. The average molecular weight is 373 g/mol. The molecular weight excluding hydrogens is 340 g/mol. The predicted molar refractivity (Wildman–Crippen MR) is 105 cm³/mol. The molecule has 5 heteroatoms. The van der Waals surface area contributed by atoms with Gasteiger partial charge in [-0.25, -0.2) is 0 Å². The van der Waals surface area contributed by atoms with E-state index in [1.165, 1.54) is 5.56 Å². The van der Waals surface area contributed by atoms with Crippen LogP contribution in [0.4, 0.5) is 0 Å². The Morgan fingerprint density at radius 3 is 2.26 bits per heavy atom. The number of carbonyl (C=O) groups excluding carboxylic acids is 2. The fourth-order valence-electron chi connectivity index (χ4n) is 4.03. The third-order valence-corrected chi connectivity index (χ3v) is 6.04. The zero-order chi connectivity index (χ0) is 19.3. The maximum atomic E-state index is 12.7. The first kappa shape index (κ1) is 19.9. The number of carbonyl (C=O) groups is 2. The highest BCUT2D eigenvalue weighted by Gasteiger charge is 2.31. The minimum absolute atomic E-state index is 0.0124. The SMILES string of the molecule is CC(C)(CCC(=O)N1CCC(C(=O)N2CCOCC2)CC1)c1ccccc1. The second-order valence-corrected chi connectivity index (χ2v) is 8.34. The van der Waals surface area contributed by atoms with Crippen LogP contribution in [0.2, 0.25) is 0 Å². The Labute approximate surface area is 162 Å². The summed E-state index contributed by atoms with van der Waals surface area (Å²) in [5.41, 5.74) is 1.26. The number of likely N-dealkylation sites (tertiary alicyclic amines) is 1. The molecule has 0 spiro atoms. The Balaban J connectivity index is 1.45. The number of piperidine rings is 1. The van der Waals surface area contributed by atoms with Gasteiger partial charge in [0.15, 0.2) is 0 Å². The molecule has 1 aromatic rings. The Kier molecular flexibility index (Phi) is 6.53. The molecule has 5 nitrogen and oxygen atoms in total. The van der Waals surface area contributed by atoms with E-state index in [0.29, 0.717) is 45.8 Å². The van der Waals surface area contributed by atoms with Crippen LogP contribution in [0.1, 0.15) is 45.1 Å². The minimum Gasteiger partial charge on any atom is -0.378 e. The molecule has 3 rings (SSSR count). The number of morpholine rings is 1. The quantitative estimate of drug-likeness (QED) is 0.799. The summed E-state index contributed by atoms with van der Waals surface area (Å²) in [6, 6.07) is 10.4. The summed E-state index contributed by atoms with van der Waals surface area (Å²) in [5.74, 6) is 0.528. The average Bonchev–Trinajstić information content (AvgIpc) is 2.73. The van der Waals surface area contributed by atoms with Gasteiger partial charge in [0, 0.05) is 38.5 Å². The minimum atomic E-state index is -0.0124. The van der Waals surface area contributed by atoms with Crippen LogP contribution in [0.15, 0.2) is 30.3 Å². The van der Waals surface area contributed by atoms with Crippen molar-refractivity contribution in [1.29, 1.82) is 0 Å². The maximum Gasteiger partial charge on any atom is 0.225 e. The highest BCUT2D eigenvalue weighted by molar-refractivity contribution is 5.80. The van der Waals surface area contributed by atoms with Gasteiger partial charge in [-0.3, -0.25) is 9.59 Å². The molecule has 2 saturated heterocycles. The number of hydrogen-bond acceptors (Lipinski definition) is 3. The van der Waals surface area contributed by atoms with Gasteiger partial charge in [0.25, 0.3) is 0 Å². The molecule has 0 unspecified atom stereocenters. The fourth-order valence-corrected chi connectivity index (χ4v) is 4.03. The lowest BCUT2D eigenvalue weighted by molar-refractivity contribution is -0.143. The number of nitrogens with zero attached hydrogens (tertiary/aromatic N) is 2. The van der Waals surface area contributed by atoms with Crippen molar-refractivity contribution < 1.29 is 14.3 Å². The summed E-state index contributed by atoms with van der Waals surface area (Å²) in [6.45, 7) is 8.47. The number of rotatable bonds is 5. The zero-order valence-electron chi connectivity index (χ0n) is 16.7. The van der Waals surface area contributed by atoms with Crippen LogP contribution in [0.3, 0.4) is 0 Å². The molecule has 0 bridgehead atoms. The number of ether oxygens (including phenoxy) is 1. The van der Waals surface area contributed by atoms with Gasteiger partial charge in [-0.15, -0.1) is 0 Å². The third kappa shape index (κ3) is 5.10. The summed E-state index contributed by atoms with van der Waals surface area (Å²) in [7, 11) is 0. The van der Waals surface area contributed by atoms with Crippen LogP contribution in [0.25, 0.3) is 0 Å². The van der Waals surface area contributed by atoms with E-state index in [1.54, 1.807) is 0 Å². The Morgan fingerprint density at radius 1 is 1.00 bits per heavy atom. The van der Waals surface area contributed by atoms with Crippen LogP contribution >= 0.6 is 0 Å². The van der Waals surface area contributed by atoms with Gasteiger partial charge in [0.1, 0.15) is 0 Å². The van der Waals surface area contributed by atoms with Gasteiger partial charge < -0.3 is 14.5 Å². The Bertz CT molecular complexity index is 630. The van der Waals surface area contributed by atoms with Crippen LogP contribution in [0, 0.1) is 5.92 Å². The van der Waals surface area contributed by atoms with E-state index >= 15 is 0 Å². The first-order valence-corrected chi connectivity index (χ1v) is 10.2. The summed E-state index contributed by atoms with van der Waals surface area (Å²) in [4.78, 5) is 29.2. The summed E-state index contributed by atoms with van der Waals surface area (Å²) in [6.07, 6.45) is 2.96. The van der Waals surface area contributed by atoms with Gasteiger partial charge in [-0.05, 0) is 30.2 Å². The first-order valence-electron chi connectivity index (χ1n) is 10.2. The zero-order valence-corrected chi connectivity index (χ0v) is 16.7. The first-order chi connectivity index (χ1) is 13.0. The highest BCUT2D eigenvalue weighted by atomic mass is 16.5. The molecule has 2 fully saturated rings. The van der Waals surface area contributed by atoms with Crippen molar-refractivity contribution in [2.24, 2.45) is 5.92 Å². The van der Waals surface area contributed by atoms with Crippen LogP contribution < -0.4 is 0 Å². The fraction of sp³-hybridized carbons (Fsp3) is 0.636. The monoisotopic (exact) mass is 372 g/mol. The standard InChI is InChI=1S/C22H32N2O3/c1-22(2,19-6-4-3-5-7-19)11-8-20(25)23-12-9-18(10-13-23)21(26)24-14-16-27-17-15-24/h3-7,18H,8-17H2,1-2H3. The molecule has 0 aromatic heterocycles. The van der Waals surface area contributed by atoms with E-state index < -0.39 is 0 Å². The van der Waals surface area contributed by atoms with Crippen LogP contribution in [0.5, 0.6) is 0 Å². The predicted octanol–water partition coefficient (Wildman–Crippen LogP) is 2.84. The molecule has 148 valence electrons. The second-order valence-electron chi connectivity index (χ2n) is 8.34. The molecule has 2 heterocycles. The molecule has 0 N–H and O–H groups in total. The normalized spacial score (nSPS) is 19.2. The molecule has 1 aromatic carbocycles. The van der Waals surface area contributed by atoms with Gasteiger partial charge in [-0.2, -0.15) is 0 Å². The topological polar surface area (TPSA) is 49.9 Å². The van der Waals surface area contributed by atoms with Crippen molar-refractivity contribution in [3.63, 3.8) is 0 Å². The van der Waals surface area contributed by atoms with Crippen molar-refractivity contribution in [3.8, 4) is 0 Å². The van der Waals surface area contributed by atoms with E-state index in [0.717, 1.165) is 19.3 Å². The van der Waals surface area contributed by atoms with E-state index in [9.17, 15) is 9.59 Å². The van der Waals surface area contributed by atoms with E-state index in [4.69, 9.17) is 4.74 Å². The molecule has 0 radical (unpaired) electrons. The van der Waals surface area contributed by atoms with Gasteiger partial charge in [0.05, 0.1) is 13.2 Å². The van der Waals surface area contributed by atoms with Crippen LogP contribution in [-0.4, -0.2) is 61.0 Å². The molecule has 2 aliphatic rings. The van der Waals surface area contributed by atoms with Crippen molar-refractivity contribution in [3.05, 3.63) is 35.9 Å². The van der Waals surface area contributed by atoms with E-state index in [1.807, 2.05) is 15.9 Å². The van der Waals surface area contributed by atoms with Gasteiger partial charge in [0.2, 0.25) is 11.8 Å². The Morgan fingerprint density at radius 2 is 1.63 bits per heavy atom.